The van der Waals surface area contributed by atoms with Crippen LogP contribution in [0.15, 0.2) is 0 Å². The van der Waals surface area contributed by atoms with E-state index in [1.807, 2.05) is 0 Å². The fraction of sp³-hybridized carbons (Fsp3) is 0.882. The van der Waals surface area contributed by atoms with Crippen LogP contribution in [0.2, 0.25) is 0 Å². The fourth-order valence-corrected chi connectivity index (χ4v) is 1.87. The van der Waals surface area contributed by atoms with Crippen LogP contribution in [0.5, 0.6) is 0 Å². The molecule has 0 aromatic heterocycles. The lowest BCUT2D eigenvalue weighted by Gasteiger charge is -2.38. The molecule has 7 heteroatoms. The van der Waals surface area contributed by atoms with E-state index in [4.69, 9.17) is 14.2 Å². The number of hydrogen-bond donors (Lipinski definition) is 1. The van der Waals surface area contributed by atoms with Crippen molar-refractivity contribution in [3.63, 3.8) is 0 Å². The quantitative estimate of drug-likeness (QED) is 0.476. The standard InChI is InChI=1S/C17H33NO6/c1-14(2,3)22-12(19)17(10,24-16(7,8)9)11-18(21)13(20)23-15(4,5)6/h21H,11H2,1-10H3. The molecule has 1 unspecified atom stereocenters. The Bertz CT molecular complexity index is 455. The van der Waals surface area contributed by atoms with E-state index in [0.717, 1.165) is 0 Å². The van der Waals surface area contributed by atoms with E-state index in [1.54, 1.807) is 62.3 Å². The average molecular weight is 347 g/mol. The number of carbonyl (C=O) groups excluding carboxylic acids is 2. The van der Waals surface area contributed by atoms with Crippen LogP contribution in [0.4, 0.5) is 4.79 Å². The van der Waals surface area contributed by atoms with E-state index in [-0.39, 0.29) is 0 Å². The number of rotatable bonds is 4. The lowest BCUT2D eigenvalue weighted by atomic mass is 10.0. The summed E-state index contributed by atoms with van der Waals surface area (Å²) in [6.07, 6.45) is -0.963. The van der Waals surface area contributed by atoms with Gasteiger partial charge >= 0.3 is 12.1 Å². The molecule has 0 heterocycles. The molecule has 0 spiro atoms. The fourth-order valence-electron chi connectivity index (χ4n) is 1.87. The number of nitrogens with zero attached hydrogens (tertiary/aromatic N) is 1. The lowest BCUT2D eigenvalue weighted by molar-refractivity contribution is -0.212. The number of esters is 1. The van der Waals surface area contributed by atoms with Crippen LogP contribution in [0.1, 0.15) is 69.2 Å². The largest absolute Gasteiger partial charge is 0.458 e. The predicted octanol–water partition coefficient (Wildman–Crippen LogP) is 3.53. The van der Waals surface area contributed by atoms with Gasteiger partial charge in [-0.1, -0.05) is 0 Å². The van der Waals surface area contributed by atoms with Crippen molar-refractivity contribution in [3.05, 3.63) is 0 Å². The van der Waals surface area contributed by atoms with E-state index < -0.39 is 41.0 Å². The highest BCUT2D eigenvalue weighted by atomic mass is 16.6. The molecule has 24 heavy (non-hydrogen) atoms. The van der Waals surface area contributed by atoms with Crippen molar-refractivity contribution in [2.45, 2.75) is 91.6 Å². The zero-order valence-electron chi connectivity index (χ0n) is 16.6. The first-order chi connectivity index (χ1) is 10.3. The maximum Gasteiger partial charge on any atom is 0.434 e. The van der Waals surface area contributed by atoms with Gasteiger partial charge in [-0.25, -0.2) is 9.59 Å². The molecular weight excluding hydrogens is 314 g/mol. The molecular formula is C17H33NO6. The van der Waals surface area contributed by atoms with Crippen molar-refractivity contribution in [1.82, 2.24) is 5.06 Å². The second-order valence-corrected chi connectivity index (χ2v) is 8.99. The third-order valence-corrected chi connectivity index (χ3v) is 2.42. The molecule has 0 rings (SSSR count). The van der Waals surface area contributed by atoms with E-state index in [0.29, 0.717) is 5.06 Å². The van der Waals surface area contributed by atoms with Gasteiger partial charge in [-0.2, -0.15) is 5.06 Å². The minimum absolute atomic E-state index is 0.334. The highest BCUT2D eigenvalue weighted by Crippen LogP contribution is 2.25. The van der Waals surface area contributed by atoms with Crippen molar-refractivity contribution in [2.75, 3.05) is 6.54 Å². The van der Waals surface area contributed by atoms with E-state index >= 15 is 0 Å². The molecule has 1 N–H and O–H groups in total. The van der Waals surface area contributed by atoms with Gasteiger partial charge in [-0.15, -0.1) is 0 Å². The van der Waals surface area contributed by atoms with Gasteiger partial charge in [0, 0.05) is 0 Å². The van der Waals surface area contributed by atoms with Crippen molar-refractivity contribution >= 4 is 12.1 Å². The Labute approximate surface area is 145 Å². The zero-order chi connectivity index (χ0) is 19.6. The first-order valence-corrected chi connectivity index (χ1v) is 7.98. The molecule has 0 saturated heterocycles. The van der Waals surface area contributed by atoms with Crippen molar-refractivity contribution in [2.24, 2.45) is 0 Å². The van der Waals surface area contributed by atoms with Crippen molar-refractivity contribution in [3.8, 4) is 0 Å². The molecule has 0 aliphatic rings. The Morgan fingerprint density at radius 1 is 0.792 bits per heavy atom. The summed E-state index contributed by atoms with van der Waals surface area (Å²) in [4.78, 5) is 24.5. The maximum absolute atomic E-state index is 12.6. The average Bonchev–Trinajstić information content (AvgIpc) is 2.20. The van der Waals surface area contributed by atoms with Gasteiger partial charge in [0.15, 0.2) is 5.60 Å². The summed E-state index contributed by atoms with van der Waals surface area (Å²) in [7, 11) is 0. The summed E-state index contributed by atoms with van der Waals surface area (Å²) in [6, 6.07) is 0. The minimum Gasteiger partial charge on any atom is -0.458 e. The van der Waals surface area contributed by atoms with Gasteiger partial charge in [0.05, 0.1) is 12.1 Å². The molecule has 1 amide bonds. The molecule has 7 nitrogen and oxygen atoms in total. The number of hydrogen-bond acceptors (Lipinski definition) is 6. The SMILES string of the molecule is CC(C)(C)OC(=O)N(O)CC(C)(OC(C)(C)C)C(=O)OC(C)(C)C. The molecule has 142 valence electrons. The Balaban J connectivity index is 5.35. The molecule has 1 atom stereocenters. The van der Waals surface area contributed by atoms with Crippen LogP contribution in [0.25, 0.3) is 0 Å². The van der Waals surface area contributed by atoms with Gasteiger partial charge in [-0.3, -0.25) is 5.21 Å². The molecule has 0 saturated carbocycles. The zero-order valence-corrected chi connectivity index (χ0v) is 16.6. The second kappa shape index (κ2) is 7.27. The summed E-state index contributed by atoms with van der Waals surface area (Å²) < 4.78 is 16.3. The summed E-state index contributed by atoms with van der Waals surface area (Å²) in [6.45, 7) is 16.6. The van der Waals surface area contributed by atoms with Gasteiger partial charge < -0.3 is 14.2 Å². The van der Waals surface area contributed by atoms with E-state index in [2.05, 4.69) is 0 Å². The smallest absolute Gasteiger partial charge is 0.434 e. The second-order valence-electron chi connectivity index (χ2n) is 8.99. The van der Waals surface area contributed by atoms with Crippen LogP contribution < -0.4 is 0 Å². The highest BCUT2D eigenvalue weighted by Gasteiger charge is 2.44. The highest BCUT2D eigenvalue weighted by molar-refractivity contribution is 5.80. The summed E-state index contributed by atoms with van der Waals surface area (Å²) in [5.74, 6) is -0.674. The molecule has 0 aromatic rings. The third kappa shape index (κ3) is 9.08. The van der Waals surface area contributed by atoms with Crippen LogP contribution in [0, 0.1) is 0 Å². The number of carbonyl (C=O) groups is 2. The Kier molecular flexibility index (Phi) is 6.86. The van der Waals surface area contributed by atoms with Crippen molar-refractivity contribution < 1.29 is 29.0 Å². The van der Waals surface area contributed by atoms with Crippen LogP contribution >= 0.6 is 0 Å². The lowest BCUT2D eigenvalue weighted by Crippen LogP contribution is -2.55. The van der Waals surface area contributed by atoms with Crippen LogP contribution in [0.3, 0.4) is 0 Å². The molecule has 0 aromatic carbocycles. The number of hydroxylamine groups is 2. The van der Waals surface area contributed by atoms with E-state index in [1.165, 1.54) is 6.92 Å². The Morgan fingerprint density at radius 2 is 1.21 bits per heavy atom. The predicted molar refractivity (Wildman–Crippen MR) is 89.8 cm³/mol. The molecule has 0 aliphatic heterocycles. The summed E-state index contributed by atoms with van der Waals surface area (Å²) >= 11 is 0. The van der Waals surface area contributed by atoms with Crippen LogP contribution in [-0.4, -0.2) is 51.3 Å². The molecule has 0 fully saturated rings. The number of amides is 1. The normalized spacial score (nSPS) is 15.5. The molecule has 0 radical (unpaired) electrons. The van der Waals surface area contributed by atoms with Crippen molar-refractivity contribution in [1.29, 1.82) is 0 Å². The molecule has 0 aliphatic carbocycles. The summed E-state index contributed by atoms with van der Waals surface area (Å²) in [5.41, 5.74) is -3.76. The minimum atomic E-state index is -1.56. The maximum atomic E-state index is 12.6. The van der Waals surface area contributed by atoms with Gasteiger partial charge in [-0.05, 0) is 69.2 Å². The number of ether oxygens (including phenoxy) is 3. The van der Waals surface area contributed by atoms with E-state index in [9.17, 15) is 14.8 Å². The monoisotopic (exact) mass is 347 g/mol. The first kappa shape index (κ1) is 22.7. The van der Waals surface area contributed by atoms with Gasteiger partial charge in [0.25, 0.3) is 0 Å². The first-order valence-electron chi connectivity index (χ1n) is 7.98. The summed E-state index contributed by atoms with van der Waals surface area (Å²) in [5, 5.41) is 10.4. The van der Waals surface area contributed by atoms with Gasteiger partial charge in [0.1, 0.15) is 11.2 Å². The Hall–Kier alpha value is -1.34. The topological polar surface area (TPSA) is 85.3 Å². The molecule has 0 bridgehead atoms. The Morgan fingerprint density at radius 3 is 1.54 bits per heavy atom. The third-order valence-electron chi connectivity index (χ3n) is 2.42. The van der Waals surface area contributed by atoms with Gasteiger partial charge in [0.2, 0.25) is 0 Å². The van der Waals surface area contributed by atoms with Crippen LogP contribution in [-0.2, 0) is 19.0 Å².